The summed E-state index contributed by atoms with van der Waals surface area (Å²) in [5.74, 6) is -1.55. The number of carbonyl (C=O) groups excluding carboxylic acids is 1. The van der Waals surface area contributed by atoms with E-state index in [4.69, 9.17) is 10.8 Å². The van der Waals surface area contributed by atoms with Gasteiger partial charge in [0.25, 0.3) is 0 Å². The Bertz CT molecular complexity index is 162. The van der Waals surface area contributed by atoms with Gasteiger partial charge < -0.3 is 15.6 Å². The smallest absolute Gasteiger partial charge is 0.322 e. The Morgan fingerprint density at radius 2 is 2.08 bits per heavy atom. The van der Waals surface area contributed by atoms with Crippen molar-refractivity contribution in [2.45, 2.75) is 18.9 Å². The first kappa shape index (κ1) is 14.0. The van der Waals surface area contributed by atoms with Gasteiger partial charge in [-0.05, 0) is 6.42 Å². The van der Waals surface area contributed by atoms with E-state index in [2.05, 4.69) is 4.74 Å². The van der Waals surface area contributed by atoms with Gasteiger partial charge in [-0.15, -0.1) is 0 Å². The summed E-state index contributed by atoms with van der Waals surface area (Å²) < 4.78 is 4.29. The molecule has 0 spiro atoms. The maximum atomic E-state index is 10.6. The Labute approximate surface area is 80.7 Å². The fourth-order valence-electron chi connectivity index (χ4n) is 0.548. The van der Waals surface area contributed by atoms with E-state index >= 15 is 0 Å². The Hall–Kier alpha value is -0.581. The molecule has 1 radical (unpaired) electrons. The first-order valence-electron chi connectivity index (χ1n) is 3.13. The van der Waals surface area contributed by atoms with Gasteiger partial charge in [0.1, 0.15) is 6.04 Å². The molecule has 0 fully saturated rings. The number of carboxylic acid groups (broad SMARTS) is 1. The molecule has 0 heterocycles. The van der Waals surface area contributed by atoms with Crippen LogP contribution < -0.4 is 5.73 Å². The maximum absolute atomic E-state index is 10.6. The van der Waals surface area contributed by atoms with Crippen molar-refractivity contribution in [2.24, 2.45) is 5.73 Å². The molecule has 3 N–H and O–H groups in total. The van der Waals surface area contributed by atoms with E-state index in [-0.39, 0.29) is 29.9 Å². The van der Waals surface area contributed by atoms with Crippen molar-refractivity contribution in [1.29, 1.82) is 0 Å². The molecular weight excluding hydrogens is 214 g/mol. The summed E-state index contributed by atoms with van der Waals surface area (Å²) in [6.07, 6.45) is -0.00171. The monoisotopic (exact) mass is 224 g/mol. The molecule has 5 nitrogen and oxygen atoms in total. The van der Waals surface area contributed by atoms with E-state index in [9.17, 15) is 9.59 Å². The van der Waals surface area contributed by atoms with Crippen molar-refractivity contribution in [3.05, 3.63) is 0 Å². The zero-order valence-electron chi connectivity index (χ0n) is 6.54. The van der Waals surface area contributed by atoms with Gasteiger partial charge in [0.2, 0.25) is 0 Å². The number of carboxylic acids is 1. The fraction of sp³-hybridized carbons (Fsp3) is 0.667. The third-order valence-electron chi connectivity index (χ3n) is 1.17. The number of hydrogen-bond acceptors (Lipinski definition) is 4. The van der Waals surface area contributed by atoms with Crippen molar-refractivity contribution in [2.75, 3.05) is 7.11 Å². The van der Waals surface area contributed by atoms with Gasteiger partial charge in [-0.3, -0.25) is 9.59 Å². The van der Waals surface area contributed by atoms with Crippen LogP contribution in [0.3, 0.4) is 0 Å². The van der Waals surface area contributed by atoms with Crippen LogP contribution in [0.2, 0.25) is 0 Å². The quantitative estimate of drug-likeness (QED) is 0.489. The van der Waals surface area contributed by atoms with E-state index < -0.39 is 18.0 Å². The van der Waals surface area contributed by atoms with Gasteiger partial charge in [0.05, 0.1) is 7.11 Å². The minimum absolute atomic E-state index is 0. The molecule has 0 rings (SSSR count). The van der Waals surface area contributed by atoms with Gasteiger partial charge in [0.15, 0.2) is 0 Å². The van der Waals surface area contributed by atoms with E-state index in [1.165, 1.54) is 7.11 Å². The van der Waals surface area contributed by atoms with E-state index in [0.717, 1.165) is 0 Å². The van der Waals surface area contributed by atoms with Gasteiger partial charge in [0, 0.05) is 23.5 Å². The van der Waals surface area contributed by atoms with Gasteiger partial charge in [-0.25, -0.2) is 0 Å². The third kappa shape index (κ3) is 6.15. The largest absolute Gasteiger partial charge is 0.481 e. The molecular formula is C6H11CuNO4. The van der Waals surface area contributed by atoms with Crippen molar-refractivity contribution >= 4 is 11.9 Å². The second-order valence-electron chi connectivity index (χ2n) is 2.06. The molecule has 0 aromatic rings. The van der Waals surface area contributed by atoms with Crippen LogP contribution in [0.4, 0.5) is 0 Å². The summed E-state index contributed by atoms with van der Waals surface area (Å²) >= 11 is 0. The molecule has 0 aliphatic heterocycles. The van der Waals surface area contributed by atoms with Gasteiger partial charge in [-0.1, -0.05) is 0 Å². The van der Waals surface area contributed by atoms with Gasteiger partial charge in [-0.2, -0.15) is 0 Å². The van der Waals surface area contributed by atoms with Crippen LogP contribution in [0.25, 0.3) is 0 Å². The zero-order valence-corrected chi connectivity index (χ0v) is 7.48. The molecule has 0 aromatic heterocycles. The fourth-order valence-corrected chi connectivity index (χ4v) is 0.548. The number of nitrogens with two attached hydrogens (primary N) is 1. The second kappa shape index (κ2) is 7.09. The average Bonchev–Trinajstić information content (AvgIpc) is 1.98. The normalized spacial score (nSPS) is 11.2. The van der Waals surface area contributed by atoms with Crippen molar-refractivity contribution in [1.82, 2.24) is 0 Å². The number of aliphatic carboxylic acids is 1. The summed E-state index contributed by atoms with van der Waals surface area (Å²) in [6.45, 7) is 0. The Balaban J connectivity index is 0. The molecule has 0 aliphatic carbocycles. The average molecular weight is 225 g/mol. The number of ether oxygens (including phenoxy) is 1. The minimum Gasteiger partial charge on any atom is -0.481 e. The van der Waals surface area contributed by atoms with Crippen molar-refractivity contribution in [3.63, 3.8) is 0 Å². The predicted octanol–water partition coefficient (Wildman–Crippen LogP) is -0.651. The van der Waals surface area contributed by atoms with Crippen LogP contribution in [0, 0.1) is 0 Å². The molecule has 0 saturated heterocycles. The SMILES string of the molecule is COC(=O)C(N)CCC(=O)O.[Cu]. The number of methoxy groups -OCH3 is 1. The van der Waals surface area contributed by atoms with Crippen LogP contribution in [0.15, 0.2) is 0 Å². The second-order valence-corrected chi connectivity index (χ2v) is 2.06. The molecule has 0 saturated carbocycles. The summed E-state index contributed by atoms with van der Waals surface area (Å²) in [7, 11) is 1.21. The molecule has 6 heteroatoms. The van der Waals surface area contributed by atoms with E-state index in [0.29, 0.717) is 0 Å². The van der Waals surface area contributed by atoms with Crippen molar-refractivity contribution in [3.8, 4) is 0 Å². The molecule has 75 valence electrons. The Morgan fingerprint density at radius 3 is 2.42 bits per heavy atom. The maximum Gasteiger partial charge on any atom is 0.322 e. The van der Waals surface area contributed by atoms with E-state index in [1.807, 2.05) is 0 Å². The molecule has 0 bridgehead atoms. The number of hydrogen-bond donors (Lipinski definition) is 2. The Morgan fingerprint density at radius 1 is 1.58 bits per heavy atom. The summed E-state index contributed by atoms with van der Waals surface area (Å²) in [5.41, 5.74) is 5.24. The predicted molar refractivity (Wildman–Crippen MR) is 36.9 cm³/mol. The first-order valence-corrected chi connectivity index (χ1v) is 3.13. The Kier molecular flexibility index (Phi) is 8.25. The van der Waals surface area contributed by atoms with Crippen LogP contribution >= 0.6 is 0 Å². The minimum atomic E-state index is -0.968. The van der Waals surface area contributed by atoms with Crippen LogP contribution in [-0.4, -0.2) is 30.2 Å². The van der Waals surface area contributed by atoms with Gasteiger partial charge >= 0.3 is 11.9 Å². The van der Waals surface area contributed by atoms with Crippen LogP contribution in [0.1, 0.15) is 12.8 Å². The zero-order chi connectivity index (χ0) is 8.85. The summed E-state index contributed by atoms with van der Waals surface area (Å²) in [5, 5.41) is 8.21. The molecule has 1 unspecified atom stereocenters. The molecule has 12 heavy (non-hydrogen) atoms. The van der Waals surface area contributed by atoms with Crippen molar-refractivity contribution < 1.29 is 36.5 Å². The van der Waals surface area contributed by atoms with Crippen LogP contribution in [0.5, 0.6) is 0 Å². The number of carbonyl (C=O) groups is 2. The molecule has 0 aromatic carbocycles. The summed E-state index contributed by atoms with van der Waals surface area (Å²) in [6, 6.07) is -0.823. The number of rotatable bonds is 4. The van der Waals surface area contributed by atoms with Crippen LogP contribution in [-0.2, 0) is 31.4 Å². The van der Waals surface area contributed by atoms with E-state index in [1.54, 1.807) is 0 Å². The molecule has 0 amide bonds. The third-order valence-corrected chi connectivity index (χ3v) is 1.17. The topological polar surface area (TPSA) is 89.6 Å². The molecule has 1 atom stereocenters. The molecule has 0 aliphatic rings. The standard InChI is InChI=1S/C6H11NO4.Cu/c1-11-6(10)4(7)2-3-5(8)9;/h4H,2-3,7H2,1H3,(H,8,9);. The summed E-state index contributed by atoms with van der Waals surface area (Å²) in [4.78, 5) is 20.6. The first-order chi connectivity index (χ1) is 5.07. The number of esters is 1.